The minimum Gasteiger partial charge on any atom is -0.389 e. The van der Waals surface area contributed by atoms with Gasteiger partial charge in [0.25, 0.3) is 0 Å². The van der Waals surface area contributed by atoms with E-state index >= 15 is 0 Å². The van der Waals surface area contributed by atoms with Crippen LogP contribution in [0.5, 0.6) is 0 Å². The predicted octanol–water partition coefficient (Wildman–Crippen LogP) is 2.48. The summed E-state index contributed by atoms with van der Waals surface area (Å²) in [7, 11) is 0. The van der Waals surface area contributed by atoms with E-state index in [-0.39, 0.29) is 11.8 Å². The highest BCUT2D eigenvalue weighted by atomic mass is 16.3. The molecule has 0 aromatic heterocycles. The van der Waals surface area contributed by atoms with Crippen LogP contribution in [-0.2, 0) is 4.79 Å². The van der Waals surface area contributed by atoms with Gasteiger partial charge in [0.1, 0.15) is 0 Å². The maximum Gasteiger partial charge on any atom is 0.227 e. The van der Waals surface area contributed by atoms with Crippen molar-refractivity contribution < 1.29 is 9.90 Å². The molecule has 1 fully saturated rings. The lowest BCUT2D eigenvalue weighted by molar-refractivity contribution is -0.122. The van der Waals surface area contributed by atoms with Crippen molar-refractivity contribution in [1.29, 1.82) is 0 Å². The van der Waals surface area contributed by atoms with E-state index in [1.54, 1.807) is 6.92 Å². The Bertz CT molecular complexity index is 366. The quantitative estimate of drug-likeness (QED) is 0.820. The van der Waals surface area contributed by atoms with Crippen molar-refractivity contribution >= 4 is 11.6 Å². The maximum absolute atomic E-state index is 11.7. The first-order chi connectivity index (χ1) is 7.66. The first-order valence-electron chi connectivity index (χ1n) is 5.75. The van der Waals surface area contributed by atoms with Crippen LogP contribution in [0.15, 0.2) is 24.3 Å². The van der Waals surface area contributed by atoms with E-state index in [1.165, 1.54) is 6.42 Å². The fraction of sp³-hybridized carbons (Fsp3) is 0.462. The second-order valence-electron chi connectivity index (χ2n) is 4.42. The lowest BCUT2D eigenvalue weighted by Crippen LogP contribution is -2.27. The smallest absolute Gasteiger partial charge is 0.227 e. The Hall–Kier alpha value is -1.35. The molecule has 0 heterocycles. The summed E-state index contributed by atoms with van der Waals surface area (Å²) in [6.07, 6.45) is 2.73. The molecule has 3 nitrogen and oxygen atoms in total. The monoisotopic (exact) mass is 219 g/mol. The van der Waals surface area contributed by atoms with Crippen molar-refractivity contribution in [3.63, 3.8) is 0 Å². The molecular weight excluding hydrogens is 202 g/mol. The number of benzene rings is 1. The third-order valence-electron chi connectivity index (χ3n) is 3.14. The molecule has 3 heteroatoms. The molecule has 1 aliphatic rings. The van der Waals surface area contributed by atoms with Crippen LogP contribution >= 0.6 is 0 Å². The van der Waals surface area contributed by atoms with Crippen molar-refractivity contribution in [3.8, 4) is 0 Å². The summed E-state index contributed by atoms with van der Waals surface area (Å²) in [6, 6.07) is 7.33. The Morgan fingerprint density at radius 3 is 2.44 bits per heavy atom. The van der Waals surface area contributed by atoms with Gasteiger partial charge in [-0.1, -0.05) is 18.6 Å². The van der Waals surface area contributed by atoms with E-state index in [0.29, 0.717) is 0 Å². The van der Waals surface area contributed by atoms with E-state index in [2.05, 4.69) is 5.32 Å². The Morgan fingerprint density at radius 1 is 1.38 bits per heavy atom. The second-order valence-corrected chi connectivity index (χ2v) is 4.42. The van der Waals surface area contributed by atoms with Crippen LogP contribution in [0.3, 0.4) is 0 Å². The van der Waals surface area contributed by atoms with Crippen LogP contribution in [0.25, 0.3) is 0 Å². The number of hydrogen-bond acceptors (Lipinski definition) is 2. The average molecular weight is 219 g/mol. The first kappa shape index (κ1) is 11.1. The molecule has 1 saturated carbocycles. The van der Waals surface area contributed by atoms with Gasteiger partial charge < -0.3 is 10.4 Å². The minimum atomic E-state index is -0.462. The molecule has 1 aromatic carbocycles. The molecule has 0 spiro atoms. The molecule has 1 atom stereocenters. The van der Waals surface area contributed by atoms with Crippen molar-refractivity contribution in [2.75, 3.05) is 5.32 Å². The van der Waals surface area contributed by atoms with Gasteiger partial charge in [-0.2, -0.15) is 0 Å². The van der Waals surface area contributed by atoms with Gasteiger partial charge >= 0.3 is 0 Å². The van der Waals surface area contributed by atoms with Crippen LogP contribution in [0.1, 0.15) is 37.9 Å². The Balaban J connectivity index is 1.96. The summed E-state index contributed by atoms with van der Waals surface area (Å²) in [4.78, 5) is 11.7. The van der Waals surface area contributed by atoms with Gasteiger partial charge in [-0.05, 0) is 37.5 Å². The van der Waals surface area contributed by atoms with Crippen LogP contribution in [-0.4, -0.2) is 11.0 Å². The van der Waals surface area contributed by atoms with Crippen molar-refractivity contribution in [2.24, 2.45) is 5.92 Å². The molecule has 0 bridgehead atoms. The number of carbonyl (C=O) groups is 1. The van der Waals surface area contributed by atoms with Crippen LogP contribution in [0, 0.1) is 5.92 Å². The Morgan fingerprint density at radius 2 is 2.00 bits per heavy atom. The van der Waals surface area contributed by atoms with Gasteiger partial charge in [0.2, 0.25) is 5.91 Å². The topological polar surface area (TPSA) is 49.3 Å². The predicted molar refractivity (Wildman–Crippen MR) is 63.0 cm³/mol. The molecule has 2 rings (SSSR count). The molecule has 1 aliphatic carbocycles. The van der Waals surface area contributed by atoms with Crippen molar-refractivity contribution in [3.05, 3.63) is 29.8 Å². The van der Waals surface area contributed by atoms with Gasteiger partial charge in [0, 0.05) is 11.6 Å². The normalized spacial score (nSPS) is 17.6. The standard InChI is InChI=1S/C13H17NO2/c1-9(15)10-5-7-12(8-6-10)14-13(16)11-3-2-4-11/h5-9,11,15H,2-4H2,1H3,(H,14,16). The third-order valence-corrected chi connectivity index (χ3v) is 3.14. The lowest BCUT2D eigenvalue weighted by atomic mass is 9.85. The minimum absolute atomic E-state index is 0.121. The van der Waals surface area contributed by atoms with Crippen LogP contribution < -0.4 is 5.32 Å². The van der Waals surface area contributed by atoms with Gasteiger partial charge in [0.05, 0.1) is 6.10 Å². The summed E-state index contributed by atoms with van der Waals surface area (Å²) in [5, 5.41) is 12.2. The molecule has 86 valence electrons. The third kappa shape index (κ3) is 2.42. The molecule has 2 N–H and O–H groups in total. The maximum atomic E-state index is 11.7. The summed E-state index contributed by atoms with van der Waals surface area (Å²) < 4.78 is 0. The van der Waals surface area contributed by atoms with Crippen LogP contribution in [0.2, 0.25) is 0 Å². The number of carbonyl (C=O) groups excluding carboxylic acids is 1. The number of hydrogen-bond donors (Lipinski definition) is 2. The fourth-order valence-electron chi connectivity index (χ4n) is 1.76. The van der Waals surface area contributed by atoms with Crippen molar-refractivity contribution in [2.45, 2.75) is 32.3 Å². The zero-order chi connectivity index (χ0) is 11.5. The summed E-state index contributed by atoms with van der Waals surface area (Å²) in [5.74, 6) is 0.326. The number of amides is 1. The van der Waals surface area contributed by atoms with Gasteiger partial charge in [-0.25, -0.2) is 0 Å². The molecule has 16 heavy (non-hydrogen) atoms. The zero-order valence-corrected chi connectivity index (χ0v) is 9.44. The zero-order valence-electron chi connectivity index (χ0n) is 9.44. The summed E-state index contributed by atoms with van der Waals surface area (Å²) in [5.41, 5.74) is 1.67. The Kier molecular flexibility index (Phi) is 3.25. The Labute approximate surface area is 95.5 Å². The first-order valence-corrected chi connectivity index (χ1v) is 5.75. The van der Waals surface area contributed by atoms with Gasteiger partial charge in [-0.15, -0.1) is 0 Å². The summed E-state index contributed by atoms with van der Waals surface area (Å²) >= 11 is 0. The number of nitrogens with one attached hydrogen (secondary N) is 1. The molecule has 0 radical (unpaired) electrons. The molecule has 1 amide bonds. The SMILES string of the molecule is CC(O)c1ccc(NC(=O)C2CCC2)cc1. The van der Waals surface area contributed by atoms with E-state index in [4.69, 9.17) is 0 Å². The molecule has 1 aromatic rings. The van der Waals surface area contributed by atoms with E-state index in [9.17, 15) is 9.90 Å². The van der Waals surface area contributed by atoms with E-state index < -0.39 is 6.10 Å². The highest BCUT2D eigenvalue weighted by Gasteiger charge is 2.24. The van der Waals surface area contributed by atoms with E-state index in [0.717, 1.165) is 24.1 Å². The van der Waals surface area contributed by atoms with Gasteiger partial charge in [-0.3, -0.25) is 4.79 Å². The van der Waals surface area contributed by atoms with Crippen LogP contribution in [0.4, 0.5) is 5.69 Å². The number of aliphatic hydroxyl groups is 1. The van der Waals surface area contributed by atoms with Crippen molar-refractivity contribution in [1.82, 2.24) is 0 Å². The highest BCUT2D eigenvalue weighted by molar-refractivity contribution is 5.92. The fourth-order valence-corrected chi connectivity index (χ4v) is 1.76. The van der Waals surface area contributed by atoms with E-state index in [1.807, 2.05) is 24.3 Å². The molecule has 0 aliphatic heterocycles. The largest absolute Gasteiger partial charge is 0.389 e. The molecule has 0 saturated heterocycles. The average Bonchev–Trinajstić information content (AvgIpc) is 2.15. The molecular formula is C13H17NO2. The number of rotatable bonds is 3. The van der Waals surface area contributed by atoms with Gasteiger partial charge in [0.15, 0.2) is 0 Å². The highest BCUT2D eigenvalue weighted by Crippen LogP contribution is 2.27. The molecule has 1 unspecified atom stereocenters. The second kappa shape index (κ2) is 4.66. The summed E-state index contributed by atoms with van der Waals surface area (Å²) in [6.45, 7) is 1.72. The number of anilines is 1. The lowest BCUT2D eigenvalue weighted by Gasteiger charge is -2.24. The number of aliphatic hydroxyl groups excluding tert-OH is 1.